The first-order valence-corrected chi connectivity index (χ1v) is 19.8. The third-order valence-electron chi connectivity index (χ3n) is 11.7. The monoisotopic (exact) mass is 797 g/mol. The fourth-order valence-corrected chi connectivity index (χ4v) is 9.36. The molecule has 1 aromatic carbocycles. The van der Waals surface area contributed by atoms with E-state index in [-0.39, 0.29) is 23.8 Å². The van der Waals surface area contributed by atoms with Crippen molar-refractivity contribution in [2.24, 2.45) is 16.6 Å². The Labute approximate surface area is 335 Å². The number of unbranched alkanes of at least 4 members (excludes halogenated alkanes) is 2. The second-order valence-electron chi connectivity index (χ2n) is 16.3. The Balaban J connectivity index is 0.918. The van der Waals surface area contributed by atoms with Crippen molar-refractivity contribution in [2.75, 3.05) is 44.2 Å². The Bertz CT molecular complexity index is 2260. The smallest absolute Gasteiger partial charge is 0.351 e. The number of ether oxygens (including phenoxy) is 2. The lowest BCUT2D eigenvalue weighted by Crippen LogP contribution is -2.77. The molecule has 1 saturated carbocycles. The molecular weight excluding hydrogens is 750 g/mol. The summed E-state index contributed by atoms with van der Waals surface area (Å²) in [5, 5.41) is 14.1. The van der Waals surface area contributed by atoms with Gasteiger partial charge in [0.25, 0.3) is 5.91 Å². The maximum absolute atomic E-state index is 14.2. The number of fused-ring (bicyclic) bond motifs is 1. The highest BCUT2D eigenvalue weighted by Gasteiger charge is 2.68. The number of nitriles is 1. The van der Waals surface area contributed by atoms with Crippen molar-refractivity contribution >= 4 is 40.8 Å². The van der Waals surface area contributed by atoms with Crippen LogP contribution < -0.4 is 25.8 Å². The minimum absolute atomic E-state index is 0.0895. The molecule has 2 saturated heterocycles. The van der Waals surface area contributed by atoms with E-state index >= 15 is 0 Å². The van der Waals surface area contributed by atoms with E-state index in [1.807, 2.05) is 39.8 Å². The van der Waals surface area contributed by atoms with E-state index in [1.165, 1.54) is 20.2 Å². The molecule has 7 rings (SSSR count). The number of rotatable bonds is 13. The number of piperidine rings is 1. The highest BCUT2D eigenvalue weighted by molar-refractivity contribution is 6.31. The first kappa shape index (κ1) is 39.8. The largest absolute Gasteiger partial charge is 0.493 e. The van der Waals surface area contributed by atoms with Gasteiger partial charge in [-0.3, -0.25) is 28.6 Å². The summed E-state index contributed by atoms with van der Waals surface area (Å²) < 4.78 is 15.0. The average molecular weight is 798 g/mol. The van der Waals surface area contributed by atoms with Crippen molar-refractivity contribution < 1.29 is 23.9 Å². The summed E-state index contributed by atoms with van der Waals surface area (Å²) in [7, 11) is 0. The van der Waals surface area contributed by atoms with E-state index in [1.54, 1.807) is 42.6 Å². The number of likely N-dealkylation sites (tertiary alicyclic amines) is 1. The van der Waals surface area contributed by atoms with Crippen LogP contribution >= 0.6 is 11.6 Å². The molecule has 5 heterocycles. The van der Waals surface area contributed by atoms with Crippen LogP contribution in [0.4, 0.5) is 5.82 Å². The van der Waals surface area contributed by atoms with Crippen LogP contribution in [0.3, 0.4) is 0 Å². The topological polar surface area (TPSA) is 181 Å². The molecule has 3 fully saturated rings. The van der Waals surface area contributed by atoms with Crippen LogP contribution in [0.5, 0.6) is 11.5 Å². The lowest BCUT2D eigenvalue weighted by molar-refractivity contribution is -0.216. The maximum Gasteiger partial charge on any atom is 0.351 e. The minimum atomic E-state index is -0.946. The summed E-state index contributed by atoms with van der Waals surface area (Å²) in [5.74, 6) is 0.683. The quantitative estimate of drug-likeness (QED) is 0.149. The summed E-state index contributed by atoms with van der Waals surface area (Å²) in [6, 6.07) is 12.4. The normalized spacial score (nSPS) is 21.9. The van der Waals surface area contributed by atoms with Crippen LogP contribution in [0.1, 0.15) is 81.8 Å². The van der Waals surface area contributed by atoms with E-state index < -0.39 is 46.5 Å². The zero-order valence-corrected chi connectivity index (χ0v) is 33.4. The molecule has 0 radical (unpaired) electrons. The Morgan fingerprint density at radius 3 is 2.40 bits per heavy atom. The van der Waals surface area contributed by atoms with Gasteiger partial charge < -0.3 is 20.1 Å². The third kappa shape index (κ3) is 7.68. The summed E-state index contributed by atoms with van der Waals surface area (Å²) in [6.45, 7) is 12.9. The predicted molar refractivity (Wildman–Crippen MR) is 212 cm³/mol. The van der Waals surface area contributed by atoms with Gasteiger partial charge in [-0.15, -0.1) is 5.10 Å². The van der Waals surface area contributed by atoms with E-state index in [0.29, 0.717) is 34.9 Å². The number of aromatic nitrogens is 4. The molecule has 16 heteroatoms. The first-order valence-electron chi connectivity index (χ1n) is 19.4. The van der Waals surface area contributed by atoms with E-state index in [2.05, 4.69) is 19.9 Å². The molecule has 3 aromatic heterocycles. The Morgan fingerprint density at radius 1 is 0.982 bits per heavy atom. The number of nitrogens with two attached hydrogens (primary N) is 1. The lowest BCUT2D eigenvalue weighted by atomic mass is 9.48. The second-order valence-corrected chi connectivity index (χ2v) is 16.7. The molecule has 4 aromatic rings. The van der Waals surface area contributed by atoms with Crippen molar-refractivity contribution in [3.05, 3.63) is 81.5 Å². The SMILES string of the molecule is CC1(C)C(Oc2ccc(C#N)c(Cl)c2)C(C)(C)C1N1C(=O)CCC(n2nc3cc(OCCCCCN4CCN(c5ccc(C(N)=O)cn5)CC4)ccn3c2=O)C1=O. The highest BCUT2D eigenvalue weighted by atomic mass is 35.5. The van der Waals surface area contributed by atoms with Crippen LogP contribution in [-0.4, -0.2) is 98.2 Å². The summed E-state index contributed by atoms with van der Waals surface area (Å²) in [5.41, 5.74) is 4.66. The van der Waals surface area contributed by atoms with Gasteiger partial charge >= 0.3 is 5.69 Å². The summed E-state index contributed by atoms with van der Waals surface area (Å²) in [4.78, 5) is 63.0. The first-order chi connectivity index (χ1) is 27.2. The number of pyridine rings is 2. The molecule has 300 valence electrons. The molecule has 1 aliphatic carbocycles. The number of imide groups is 1. The molecule has 0 bridgehead atoms. The van der Waals surface area contributed by atoms with Gasteiger partial charge in [0.1, 0.15) is 35.5 Å². The summed E-state index contributed by atoms with van der Waals surface area (Å²) in [6.07, 6.45) is 5.89. The Kier molecular flexibility index (Phi) is 11.0. The highest BCUT2D eigenvalue weighted by Crippen LogP contribution is 2.58. The van der Waals surface area contributed by atoms with Gasteiger partial charge in [0.05, 0.1) is 28.8 Å². The van der Waals surface area contributed by atoms with E-state index in [0.717, 1.165) is 57.8 Å². The number of hydrogen-bond donors (Lipinski definition) is 1. The third-order valence-corrected chi connectivity index (χ3v) is 12.0. The number of primary amides is 1. The molecule has 57 heavy (non-hydrogen) atoms. The van der Waals surface area contributed by atoms with E-state index in [9.17, 15) is 24.4 Å². The standard InChI is InChI=1S/C41H48ClN9O6/c1-40(2)37(41(3,4)38(40)57-29-10-8-26(24-43)30(42)22-29)50-34(52)13-11-31(36(50)54)51-39(55)49-16-14-28(23-33(49)46-51)56-21-7-5-6-15-47-17-19-48(20-18-47)32-12-9-27(25-45-32)35(44)53/h8-10,12,14,16,22-23,25,31,37-38H,5-7,11,13,15,17-21H2,1-4H3,(H2,44,53). The van der Waals surface area contributed by atoms with Gasteiger partial charge in [-0.05, 0) is 62.6 Å². The van der Waals surface area contributed by atoms with Crippen LogP contribution in [-0.2, 0) is 9.59 Å². The van der Waals surface area contributed by atoms with Crippen molar-refractivity contribution in [3.8, 4) is 17.6 Å². The number of carbonyl (C=O) groups excluding carboxylic acids is 3. The molecule has 2 aliphatic heterocycles. The fraction of sp³-hybridized carbons (Fsp3) is 0.488. The number of hydrogen-bond acceptors (Lipinski definition) is 11. The molecule has 1 unspecified atom stereocenters. The van der Waals surface area contributed by atoms with Crippen LogP contribution in [0.25, 0.3) is 5.65 Å². The molecule has 1 atom stereocenters. The van der Waals surface area contributed by atoms with Gasteiger partial charge in [-0.2, -0.15) is 9.94 Å². The average Bonchev–Trinajstić information content (AvgIpc) is 3.51. The molecule has 2 N–H and O–H groups in total. The van der Waals surface area contributed by atoms with Crippen LogP contribution in [0.2, 0.25) is 5.02 Å². The number of amides is 3. The lowest BCUT2D eigenvalue weighted by Gasteiger charge is -2.65. The maximum atomic E-state index is 14.2. The minimum Gasteiger partial charge on any atom is -0.493 e. The fourth-order valence-electron chi connectivity index (χ4n) is 9.15. The van der Waals surface area contributed by atoms with Crippen molar-refractivity contribution in [1.82, 2.24) is 29.0 Å². The number of carbonyl (C=O) groups is 3. The number of piperazine rings is 1. The van der Waals surface area contributed by atoms with Gasteiger partial charge in [-0.1, -0.05) is 39.3 Å². The van der Waals surface area contributed by atoms with Gasteiger partial charge in [0.15, 0.2) is 5.65 Å². The van der Waals surface area contributed by atoms with Crippen molar-refractivity contribution in [1.29, 1.82) is 5.26 Å². The van der Waals surface area contributed by atoms with Crippen LogP contribution in [0, 0.1) is 22.2 Å². The Hall–Kier alpha value is -5.46. The van der Waals surface area contributed by atoms with Crippen molar-refractivity contribution in [2.45, 2.75) is 78.0 Å². The second kappa shape index (κ2) is 15.8. The van der Waals surface area contributed by atoms with Crippen LogP contribution in [0.15, 0.2) is 59.7 Å². The number of benzene rings is 1. The van der Waals surface area contributed by atoms with Gasteiger partial charge in [-0.25, -0.2) is 9.78 Å². The molecule has 15 nitrogen and oxygen atoms in total. The summed E-state index contributed by atoms with van der Waals surface area (Å²) >= 11 is 6.26. The van der Waals surface area contributed by atoms with Gasteiger partial charge in [0.2, 0.25) is 11.8 Å². The molecular formula is C41H48ClN9O6. The predicted octanol–water partition coefficient (Wildman–Crippen LogP) is 4.46. The molecule has 3 amide bonds. The van der Waals surface area contributed by atoms with Gasteiger partial charge in [0, 0.05) is 68.0 Å². The zero-order chi connectivity index (χ0) is 40.6. The number of anilines is 1. The molecule has 0 spiro atoms. The number of halogens is 1. The Morgan fingerprint density at radius 2 is 1.74 bits per heavy atom. The van der Waals surface area contributed by atoms with E-state index in [4.69, 9.17) is 26.8 Å². The number of nitrogens with zero attached hydrogens (tertiary/aromatic N) is 8. The van der Waals surface area contributed by atoms with Crippen molar-refractivity contribution in [3.63, 3.8) is 0 Å². The zero-order valence-electron chi connectivity index (χ0n) is 32.7. The molecule has 3 aliphatic rings.